The smallest absolute Gasteiger partial charge is 0.330 e. The average molecular weight is 893 g/mol. The van der Waals surface area contributed by atoms with E-state index in [0.717, 1.165) is 67.9 Å². The summed E-state index contributed by atoms with van der Waals surface area (Å²) in [6.07, 6.45) is 6.65. The maximum atomic E-state index is 7.20. The Morgan fingerprint density at radius 3 is 1.68 bits per heavy atom. The second kappa shape index (κ2) is 15.8. The fourth-order valence-electron chi connectivity index (χ4n) is 9.08. The first-order chi connectivity index (χ1) is 29.2. The van der Waals surface area contributed by atoms with Gasteiger partial charge in [0.2, 0.25) is 0 Å². The van der Waals surface area contributed by atoms with Crippen molar-refractivity contribution in [3.05, 3.63) is 168 Å². The SMILES string of the molecule is CC1(C)OB(c2cc(-c3ccc(-c4cc(-c5ccccc5)cc(-c5ccccc5)n4)cc3)cc(-c3nc(C4=CC=CI=C4)nc(-c4ccccc4)n3)c2)C2CCC2C1(C)C. The van der Waals surface area contributed by atoms with Gasteiger partial charge in [-0.25, -0.2) is 19.9 Å². The van der Waals surface area contributed by atoms with Gasteiger partial charge in [0.1, 0.15) is 0 Å². The van der Waals surface area contributed by atoms with Crippen LogP contribution in [0.3, 0.4) is 0 Å². The Kier molecular flexibility index (Phi) is 10.1. The molecule has 7 aromatic rings. The van der Waals surface area contributed by atoms with Gasteiger partial charge in [-0.15, -0.1) is 0 Å². The van der Waals surface area contributed by atoms with Gasteiger partial charge in [-0.3, -0.25) is 0 Å². The standard InChI is InChI=1S/C53H46BIN4O/c1-52(2)45-26-27-46(45)54(60-53(52,3)4)44-30-41(29-43(31-44)51-58-49(39-19-12-7-13-20-39)57-50(59-51)40-21-14-28-55-34-40)36-22-24-38(25-23-36)48-33-42(35-15-8-5-9-16-35)32-47(56-48)37-17-10-6-11-18-37/h5-25,28-34,45-46H,26-27H2,1-4H3. The number of allylic oxidation sites excluding steroid dienone is 3. The lowest BCUT2D eigenvalue weighted by atomic mass is 9.34. The summed E-state index contributed by atoms with van der Waals surface area (Å²) in [5, 5.41) is 0. The fourth-order valence-corrected chi connectivity index (χ4v) is 10.6. The van der Waals surface area contributed by atoms with Crippen LogP contribution in [0.15, 0.2) is 162 Å². The molecule has 1 saturated heterocycles. The van der Waals surface area contributed by atoms with Gasteiger partial charge in [0.15, 0.2) is 17.5 Å². The van der Waals surface area contributed by atoms with E-state index in [1.54, 1.807) is 0 Å². The van der Waals surface area contributed by atoms with Gasteiger partial charge < -0.3 is 4.65 Å². The van der Waals surface area contributed by atoms with Crippen molar-refractivity contribution in [1.82, 2.24) is 19.9 Å². The Hall–Kier alpha value is -5.64. The van der Waals surface area contributed by atoms with Crippen molar-refractivity contribution in [2.45, 2.75) is 52.0 Å². The molecule has 3 aliphatic rings. The quantitative estimate of drug-likeness (QED) is 0.112. The summed E-state index contributed by atoms with van der Waals surface area (Å²) >= 11 is -0.196. The fraction of sp³-hybridized carbons (Fsp3) is 0.189. The van der Waals surface area contributed by atoms with Crippen LogP contribution >= 0.6 is 20.7 Å². The molecule has 10 rings (SSSR count). The van der Waals surface area contributed by atoms with Crippen LogP contribution in [0.2, 0.25) is 5.82 Å². The lowest BCUT2D eigenvalue weighted by Crippen LogP contribution is -2.64. The van der Waals surface area contributed by atoms with E-state index >= 15 is 0 Å². The minimum atomic E-state index is -0.294. The summed E-state index contributed by atoms with van der Waals surface area (Å²) < 4.78 is 11.7. The Morgan fingerprint density at radius 1 is 0.533 bits per heavy atom. The number of benzene rings is 5. The van der Waals surface area contributed by atoms with Crippen molar-refractivity contribution < 1.29 is 4.65 Å². The van der Waals surface area contributed by atoms with Crippen molar-refractivity contribution in [2.24, 2.45) is 11.3 Å². The first-order valence-corrected chi connectivity index (χ1v) is 23.4. The third-order valence-corrected chi connectivity index (χ3v) is 15.1. The van der Waals surface area contributed by atoms with E-state index in [1.165, 1.54) is 11.9 Å². The number of hydrogen-bond acceptors (Lipinski definition) is 5. The minimum Gasteiger partial charge on any atom is -0.425 e. The number of halogens is 1. The Balaban J connectivity index is 1.10. The molecule has 1 aliphatic carbocycles. The Bertz CT molecular complexity index is 2740. The number of fused-ring (bicyclic) bond motifs is 1. The third kappa shape index (κ3) is 7.32. The van der Waals surface area contributed by atoms with E-state index in [0.29, 0.717) is 29.2 Å². The van der Waals surface area contributed by atoms with Gasteiger partial charge in [0.05, 0.1) is 17.0 Å². The highest BCUT2D eigenvalue weighted by Gasteiger charge is 2.59. The van der Waals surface area contributed by atoms with Crippen molar-refractivity contribution >= 4 is 42.7 Å². The molecule has 2 unspecified atom stereocenters. The van der Waals surface area contributed by atoms with E-state index in [4.69, 9.17) is 24.6 Å². The molecule has 2 atom stereocenters. The van der Waals surface area contributed by atoms with E-state index in [2.05, 4.69) is 169 Å². The molecule has 4 heterocycles. The zero-order valence-electron chi connectivity index (χ0n) is 34.4. The van der Waals surface area contributed by atoms with Gasteiger partial charge in [0.25, 0.3) is 0 Å². The molecule has 0 N–H and O–H groups in total. The summed E-state index contributed by atoms with van der Waals surface area (Å²) in [5.74, 6) is 3.08. The van der Waals surface area contributed by atoms with Crippen LogP contribution in [0.5, 0.6) is 0 Å². The second-order valence-electron chi connectivity index (χ2n) is 17.2. The van der Waals surface area contributed by atoms with Crippen molar-refractivity contribution in [3.63, 3.8) is 0 Å². The largest absolute Gasteiger partial charge is 0.425 e. The molecule has 60 heavy (non-hydrogen) atoms. The van der Waals surface area contributed by atoms with Gasteiger partial charge in [-0.05, 0) is 85.0 Å². The Morgan fingerprint density at radius 2 is 1.07 bits per heavy atom. The lowest BCUT2D eigenvalue weighted by Gasteiger charge is -2.61. The molecule has 294 valence electrons. The zero-order chi connectivity index (χ0) is 40.8. The maximum Gasteiger partial charge on any atom is 0.330 e. The van der Waals surface area contributed by atoms with E-state index in [9.17, 15) is 0 Å². The highest BCUT2D eigenvalue weighted by atomic mass is 127. The van der Waals surface area contributed by atoms with Gasteiger partial charge in [0, 0.05) is 27.8 Å². The van der Waals surface area contributed by atoms with Crippen LogP contribution in [-0.2, 0) is 4.65 Å². The number of rotatable bonds is 8. The lowest BCUT2D eigenvalue weighted by molar-refractivity contribution is -0.103. The molecular formula is C53H46BIN4O. The molecule has 5 aromatic carbocycles. The van der Waals surface area contributed by atoms with Crippen molar-refractivity contribution in [1.29, 1.82) is 0 Å². The van der Waals surface area contributed by atoms with Crippen LogP contribution in [0.4, 0.5) is 0 Å². The third-order valence-electron chi connectivity index (χ3n) is 13.2. The van der Waals surface area contributed by atoms with E-state index in [-0.39, 0.29) is 38.7 Å². The molecule has 0 radical (unpaired) electrons. The number of nitrogens with zero attached hydrogens (tertiary/aromatic N) is 4. The molecule has 1 saturated carbocycles. The van der Waals surface area contributed by atoms with Gasteiger partial charge >= 0.3 is 6.92 Å². The summed E-state index contributed by atoms with van der Waals surface area (Å²) in [6, 6.07) is 51.4. The van der Waals surface area contributed by atoms with Crippen LogP contribution in [0, 0.1) is 11.3 Å². The molecule has 7 heteroatoms. The van der Waals surface area contributed by atoms with Crippen molar-refractivity contribution in [3.8, 4) is 67.5 Å². The number of hydrogen-bond donors (Lipinski definition) is 0. The normalized spacial score (nSPS) is 18.8. The highest BCUT2D eigenvalue weighted by molar-refractivity contribution is 14.2. The van der Waals surface area contributed by atoms with E-state index in [1.807, 2.05) is 24.3 Å². The summed E-state index contributed by atoms with van der Waals surface area (Å²) in [7, 11) is 0. The highest BCUT2D eigenvalue weighted by Crippen LogP contribution is 2.60. The molecule has 2 fully saturated rings. The first kappa shape index (κ1) is 38.6. The molecule has 0 bridgehead atoms. The van der Waals surface area contributed by atoms with Gasteiger partial charge in [-0.1, -0.05) is 187 Å². The monoisotopic (exact) mass is 892 g/mol. The summed E-state index contributed by atoms with van der Waals surface area (Å²) in [6.45, 7) is 9.30. The number of pyridine rings is 1. The molecular weight excluding hydrogens is 846 g/mol. The van der Waals surface area contributed by atoms with Crippen LogP contribution in [0.25, 0.3) is 73.1 Å². The van der Waals surface area contributed by atoms with E-state index < -0.39 is 0 Å². The predicted octanol–water partition coefficient (Wildman–Crippen LogP) is 12.8. The molecule has 0 spiro atoms. The van der Waals surface area contributed by atoms with Crippen molar-refractivity contribution in [2.75, 3.05) is 0 Å². The van der Waals surface area contributed by atoms with Gasteiger partial charge in [-0.2, -0.15) is 0 Å². The maximum absolute atomic E-state index is 7.20. The first-order valence-electron chi connectivity index (χ1n) is 20.9. The topological polar surface area (TPSA) is 60.8 Å². The average Bonchev–Trinajstić information content (AvgIpc) is 3.28. The molecule has 2 aromatic heterocycles. The zero-order valence-corrected chi connectivity index (χ0v) is 36.5. The minimum absolute atomic E-state index is 0.0368. The van der Waals surface area contributed by atoms with Crippen LogP contribution in [0.1, 0.15) is 46.4 Å². The predicted molar refractivity (Wildman–Crippen MR) is 258 cm³/mol. The van der Waals surface area contributed by atoms with Crippen LogP contribution < -0.4 is 5.46 Å². The molecule has 2 aliphatic heterocycles. The number of aromatic nitrogens is 4. The summed E-state index contributed by atoms with van der Waals surface area (Å²) in [5.41, 5.74) is 12.5. The summed E-state index contributed by atoms with van der Waals surface area (Å²) in [4.78, 5) is 20.6. The van der Waals surface area contributed by atoms with Crippen LogP contribution in [-0.4, -0.2) is 36.5 Å². The molecule has 0 amide bonds. The second-order valence-corrected chi connectivity index (χ2v) is 19.3. The molecule has 5 nitrogen and oxygen atoms in total. The Labute approximate surface area is 363 Å².